The van der Waals surface area contributed by atoms with Gasteiger partial charge in [-0.15, -0.1) is 0 Å². The number of anilines is 1. The van der Waals surface area contributed by atoms with E-state index in [0.29, 0.717) is 17.5 Å². The molecule has 112 valence electrons. The third-order valence-corrected chi connectivity index (χ3v) is 4.49. The average molecular weight is 295 g/mol. The Morgan fingerprint density at radius 3 is 2.23 bits per heavy atom. The van der Waals surface area contributed by atoms with E-state index in [0.717, 1.165) is 32.1 Å². The maximum atomic E-state index is 12.5. The number of amides is 1. The highest BCUT2D eigenvalue weighted by Gasteiger charge is 2.42. The van der Waals surface area contributed by atoms with Gasteiger partial charge in [-0.2, -0.15) is 0 Å². The zero-order valence-electron chi connectivity index (χ0n) is 12.2. The lowest BCUT2D eigenvalue weighted by molar-refractivity contribution is 0.0777. The minimum Gasteiger partial charge on any atom is -0.340 e. The lowest BCUT2D eigenvalue weighted by Crippen LogP contribution is -2.34. The molecule has 2 fully saturated rings. The van der Waals surface area contributed by atoms with Crippen LogP contribution in [0.1, 0.15) is 10.5 Å². The second kappa shape index (κ2) is 5.36. The largest absolute Gasteiger partial charge is 0.340 e. The number of pyridine rings is 1. The molecule has 0 bridgehead atoms. The number of likely N-dealkylation sites (tertiary alicyclic amines) is 1. The molecule has 0 saturated carbocycles. The number of hydrogen-bond acceptors (Lipinski definition) is 5. The van der Waals surface area contributed by atoms with E-state index in [-0.39, 0.29) is 5.91 Å². The first-order valence-corrected chi connectivity index (χ1v) is 7.53. The molecule has 0 radical (unpaired) electrons. The molecule has 4 rings (SSSR count). The molecule has 0 N–H and O–H groups in total. The second-order valence-electron chi connectivity index (χ2n) is 5.90. The summed E-state index contributed by atoms with van der Waals surface area (Å²) >= 11 is 0. The van der Waals surface area contributed by atoms with Crippen LogP contribution in [0.4, 0.5) is 5.95 Å². The lowest BCUT2D eigenvalue weighted by atomic mass is 10.0. The van der Waals surface area contributed by atoms with Gasteiger partial charge in [0.15, 0.2) is 0 Å². The average Bonchev–Trinajstić information content (AvgIpc) is 3.15. The Bertz CT molecular complexity index is 649. The van der Waals surface area contributed by atoms with Gasteiger partial charge >= 0.3 is 0 Å². The zero-order valence-corrected chi connectivity index (χ0v) is 12.2. The van der Waals surface area contributed by atoms with Crippen molar-refractivity contribution in [3.05, 3.63) is 48.5 Å². The Morgan fingerprint density at radius 2 is 1.59 bits per heavy atom. The van der Waals surface area contributed by atoms with Crippen molar-refractivity contribution in [1.82, 2.24) is 19.9 Å². The second-order valence-corrected chi connectivity index (χ2v) is 5.90. The third-order valence-electron chi connectivity index (χ3n) is 4.49. The SMILES string of the molecule is O=C(c1ccccn1)N1CC2CN(c3ncccn3)CC2C1. The fraction of sp³-hybridized carbons (Fsp3) is 0.375. The van der Waals surface area contributed by atoms with Crippen LogP contribution in [0.3, 0.4) is 0 Å². The van der Waals surface area contributed by atoms with Crippen LogP contribution in [0.25, 0.3) is 0 Å². The highest BCUT2D eigenvalue weighted by molar-refractivity contribution is 5.92. The van der Waals surface area contributed by atoms with E-state index in [9.17, 15) is 4.79 Å². The first kappa shape index (κ1) is 13.2. The van der Waals surface area contributed by atoms with Gasteiger partial charge in [-0.25, -0.2) is 9.97 Å². The summed E-state index contributed by atoms with van der Waals surface area (Å²) in [5, 5.41) is 0. The monoisotopic (exact) mass is 295 g/mol. The summed E-state index contributed by atoms with van der Waals surface area (Å²) in [6.45, 7) is 3.42. The number of carbonyl (C=O) groups is 1. The molecular weight excluding hydrogens is 278 g/mol. The van der Waals surface area contributed by atoms with Crippen molar-refractivity contribution in [2.24, 2.45) is 11.8 Å². The Balaban J connectivity index is 1.43. The van der Waals surface area contributed by atoms with Crippen LogP contribution in [0.5, 0.6) is 0 Å². The van der Waals surface area contributed by atoms with Crippen molar-refractivity contribution in [3.8, 4) is 0 Å². The van der Waals surface area contributed by atoms with E-state index in [4.69, 9.17) is 0 Å². The Kier molecular flexibility index (Phi) is 3.21. The van der Waals surface area contributed by atoms with Gasteiger partial charge in [-0.1, -0.05) is 6.07 Å². The van der Waals surface area contributed by atoms with Crippen LogP contribution in [-0.4, -0.2) is 51.9 Å². The predicted octanol–water partition coefficient (Wildman–Crippen LogP) is 1.08. The summed E-state index contributed by atoms with van der Waals surface area (Å²) in [5.74, 6) is 1.82. The maximum absolute atomic E-state index is 12.5. The number of nitrogens with zero attached hydrogens (tertiary/aromatic N) is 5. The van der Waals surface area contributed by atoms with E-state index in [1.165, 1.54) is 0 Å². The molecule has 0 aromatic carbocycles. The fourth-order valence-electron chi connectivity index (χ4n) is 3.43. The topological polar surface area (TPSA) is 62.2 Å². The number of hydrogen-bond donors (Lipinski definition) is 0. The van der Waals surface area contributed by atoms with Gasteiger partial charge in [0.2, 0.25) is 5.95 Å². The fourth-order valence-corrected chi connectivity index (χ4v) is 3.43. The number of rotatable bonds is 2. The molecule has 6 nitrogen and oxygen atoms in total. The molecule has 2 aromatic rings. The molecule has 6 heteroatoms. The normalized spacial score (nSPS) is 23.6. The van der Waals surface area contributed by atoms with Crippen LogP contribution in [0, 0.1) is 11.8 Å². The molecule has 2 aliphatic heterocycles. The lowest BCUT2D eigenvalue weighted by Gasteiger charge is -2.21. The molecule has 1 amide bonds. The minimum absolute atomic E-state index is 0.0394. The van der Waals surface area contributed by atoms with E-state index >= 15 is 0 Å². The van der Waals surface area contributed by atoms with Crippen molar-refractivity contribution in [1.29, 1.82) is 0 Å². The van der Waals surface area contributed by atoms with Crippen molar-refractivity contribution in [2.45, 2.75) is 0 Å². The van der Waals surface area contributed by atoms with Crippen molar-refractivity contribution in [3.63, 3.8) is 0 Å². The van der Waals surface area contributed by atoms with E-state index < -0.39 is 0 Å². The van der Waals surface area contributed by atoms with Crippen LogP contribution in [0.15, 0.2) is 42.9 Å². The molecule has 2 atom stereocenters. The summed E-state index contributed by atoms with van der Waals surface area (Å²) in [4.78, 5) is 29.4. The maximum Gasteiger partial charge on any atom is 0.272 e. The predicted molar refractivity (Wildman–Crippen MR) is 81.4 cm³/mol. The Morgan fingerprint density at radius 1 is 0.909 bits per heavy atom. The number of carbonyl (C=O) groups excluding carboxylic acids is 1. The van der Waals surface area contributed by atoms with Gasteiger partial charge in [0.1, 0.15) is 5.69 Å². The molecule has 2 saturated heterocycles. The van der Waals surface area contributed by atoms with Gasteiger partial charge in [0, 0.05) is 56.6 Å². The van der Waals surface area contributed by atoms with Crippen LogP contribution < -0.4 is 4.90 Å². The standard InChI is InChI=1S/C16H17N5O/c22-15(14-4-1-2-5-17-14)20-8-12-10-21(11-13(12)9-20)16-18-6-3-7-19-16/h1-7,12-13H,8-11H2. The summed E-state index contributed by atoms with van der Waals surface area (Å²) in [6.07, 6.45) is 5.21. The molecule has 4 heterocycles. The summed E-state index contributed by atoms with van der Waals surface area (Å²) in [6, 6.07) is 7.28. The molecule has 2 unspecified atom stereocenters. The summed E-state index contributed by atoms with van der Waals surface area (Å²) < 4.78 is 0. The highest BCUT2D eigenvalue weighted by Crippen LogP contribution is 2.33. The van der Waals surface area contributed by atoms with Gasteiger partial charge in [-0.05, 0) is 18.2 Å². The minimum atomic E-state index is 0.0394. The van der Waals surface area contributed by atoms with Crippen molar-refractivity contribution in [2.75, 3.05) is 31.1 Å². The molecule has 2 aromatic heterocycles. The quantitative estimate of drug-likeness (QED) is 0.829. The van der Waals surface area contributed by atoms with Crippen LogP contribution in [-0.2, 0) is 0 Å². The number of aromatic nitrogens is 3. The Hall–Kier alpha value is -2.50. The molecule has 2 aliphatic rings. The summed E-state index contributed by atoms with van der Waals surface area (Å²) in [5.41, 5.74) is 0.533. The van der Waals surface area contributed by atoms with Crippen LogP contribution in [0.2, 0.25) is 0 Å². The van der Waals surface area contributed by atoms with Gasteiger partial charge < -0.3 is 9.80 Å². The molecule has 22 heavy (non-hydrogen) atoms. The highest BCUT2D eigenvalue weighted by atomic mass is 16.2. The Labute approximate surface area is 128 Å². The van der Waals surface area contributed by atoms with Crippen molar-refractivity contribution >= 4 is 11.9 Å². The van der Waals surface area contributed by atoms with E-state index in [1.807, 2.05) is 23.1 Å². The molecule has 0 aliphatic carbocycles. The first-order chi connectivity index (χ1) is 10.8. The number of fused-ring (bicyclic) bond motifs is 1. The smallest absolute Gasteiger partial charge is 0.272 e. The van der Waals surface area contributed by atoms with E-state index in [1.54, 1.807) is 24.7 Å². The van der Waals surface area contributed by atoms with Crippen LogP contribution >= 0.6 is 0 Å². The van der Waals surface area contributed by atoms with Gasteiger partial charge in [0.05, 0.1) is 0 Å². The summed E-state index contributed by atoms with van der Waals surface area (Å²) in [7, 11) is 0. The van der Waals surface area contributed by atoms with Gasteiger partial charge in [0.25, 0.3) is 5.91 Å². The van der Waals surface area contributed by atoms with Crippen molar-refractivity contribution < 1.29 is 4.79 Å². The van der Waals surface area contributed by atoms with Gasteiger partial charge in [-0.3, -0.25) is 9.78 Å². The molecule has 0 spiro atoms. The zero-order chi connectivity index (χ0) is 14.9. The first-order valence-electron chi connectivity index (χ1n) is 7.53. The molecular formula is C16H17N5O. The third kappa shape index (κ3) is 2.30. The van der Waals surface area contributed by atoms with E-state index in [2.05, 4.69) is 19.9 Å².